The van der Waals surface area contributed by atoms with Crippen molar-refractivity contribution in [3.63, 3.8) is 0 Å². The Balaban J connectivity index is 2.13. The van der Waals surface area contributed by atoms with Crippen LogP contribution in [0, 0.1) is 5.92 Å². The molecule has 1 saturated carbocycles. The third-order valence-electron chi connectivity index (χ3n) is 3.41. The number of ether oxygens (including phenoxy) is 1. The van der Waals surface area contributed by atoms with Gasteiger partial charge in [-0.05, 0) is 43.4 Å². The molecule has 0 heterocycles. The van der Waals surface area contributed by atoms with Crippen molar-refractivity contribution < 1.29 is 13.2 Å². The molecule has 0 bridgehead atoms. The summed E-state index contributed by atoms with van der Waals surface area (Å²) in [7, 11) is -3.72. The molecule has 6 heteroatoms. The first-order chi connectivity index (χ1) is 8.86. The van der Waals surface area contributed by atoms with Gasteiger partial charge in [-0.1, -0.05) is 24.9 Å². The summed E-state index contributed by atoms with van der Waals surface area (Å²) in [6.45, 7) is 2.21. The van der Waals surface area contributed by atoms with E-state index in [0.29, 0.717) is 11.7 Å². The predicted octanol–water partition coefficient (Wildman–Crippen LogP) is 2.94. The van der Waals surface area contributed by atoms with E-state index in [-0.39, 0.29) is 16.0 Å². The van der Waals surface area contributed by atoms with E-state index in [2.05, 4.69) is 6.92 Å². The Morgan fingerprint density at radius 3 is 2.68 bits per heavy atom. The Bertz CT molecular complexity index is 559. The van der Waals surface area contributed by atoms with Crippen LogP contribution in [-0.4, -0.2) is 14.5 Å². The van der Waals surface area contributed by atoms with E-state index < -0.39 is 10.0 Å². The fourth-order valence-corrected chi connectivity index (χ4v) is 3.25. The number of hydrogen-bond acceptors (Lipinski definition) is 3. The minimum absolute atomic E-state index is 0.00172. The average molecular weight is 304 g/mol. The van der Waals surface area contributed by atoms with Crippen molar-refractivity contribution >= 4 is 21.6 Å². The molecular weight excluding hydrogens is 286 g/mol. The number of rotatable bonds is 3. The summed E-state index contributed by atoms with van der Waals surface area (Å²) < 4.78 is 28.3. The zero-order valence-corrected chi connectivity index (χ0v) is 12.4. The van der Waals surface area contributed by atoms with Crippen LogP contribution in [0.2, 0.25) is 5.02 Å². The largest absolute Gasteiger partial charge is 0.489 e. The second kappa shape index (κ2) is 5.69. The first kappa shape index (κ1) is 14.6. The summed E-state index contributed by atoms with van der Waals surface area (Å²) in [5, 5.41) is 5.33. The van der Waals surface area contributed by atoms with Gasteiger partial charge in [0, 0.05) is 0 Å². The normalized spacial score (nSPS) is 24.2. The minimum Gasteiger partial charge on any atom is -0.489 e. The first-order valence-electron chi connectivity index (χ1n) is 6.35. The van der Waals surface area contributed by atoms with Crippen molar-refractivity contribution in [3.8, 4) is 5.75 Å². The summed E-state index contributed by atoms with van der Waals surface area (Å²) in [4.78, 5) is 0.00172. The predicted molar refractivity (Wildman–Crippen MR) is 74.9 cm³/mol. The number of sulfonamides is 1. The number of nitrogens with two attached hydrogens (primary N) is 1. The molecule has 2 unspecified atom stereocenters. The maximum Gasteiger partial charge on any atom is 0.238 e. The van der Waals surface area contributed by atoms with E-state index in [1.54, 1.807) is 6.07 Å². The Labute approximate surface area is 118 Å². The summed E-state index contributed by atoms with van der Waals surface area (Å²) in [6, 6.07) is 4.32. The van der Waals surface area contributed by atoms with Gasteiger partial charge in [-0.3, -0.25) is 0 Å². The second-order valence-corrected chi connectivity index (χ2v) is 7.12. The molecule has 4 nitrogen and oxygen atoms in total. The van der Waals surface area contributed by atoms with Gasteiger partial charge in [0.1, 0.15) is 5.75 Å². The second-order valence-electron chi connectivity index (χ2n) is 5.15. The van der Waals surface area contributed by atoms with E-state index in [0.717, 1.165) is 19.3 Å². The Hall–Kier alpha value is -0.780. The van der Waals surface area contributed by atoms with Gasteiger partial charge in [-0.15, -0.1) is 0 Å². The number of hydrogen-bond donors (Lipinski definition) is 1. The van der Waals surface area contributed by atoms with Gasteiger partial charge in [0.2, 0.25) is 10.0 Å². The van der Waals surface area contributed by atoms with Crippen molar-refractivity contribution in [3.05, 3.63) is 23.2 Å². The van der Waals surface area contributed by atoms with E-state index in [4.69, 9.17) is 21.5 Å². The van der Waals surface area contributed by atoms with E-state index in [1.807, 2.05) is 0 Å². The molecule has 2 N–H and O–H groups in total. The lowest BCUT2D eigenvalue weighted by Gasteiger charge is -2.27. The van der Waals surface area contributed by atoms with Gasteiger partial charge in [0.15, 0.2) is 0 Å². The van der Waals surface area contributed by atoms with Crippen LogP contribution in [0.5, 0.6) is 5.75 Å². The smallest absolute Gasteiger partial charge is 0.238 e. The number of primary sulfonamides is 1. The quantitative estimate of drug-likeness (QED) is 0.933. The van der Waals surface area contributed by atoms with Gasteiger partial charge in [-0.2, -0.15) is 0 Å². The lowest BCUT2D eigenvalue weighted by atomic mass is 9.89. The molecule has 0 aromatic heterocycles. The van der Waals surface area contributed by atoms with Crippen molar-refractivity contribution in [1.82, 2.24) is 0 Å². The summed E-state index contributed by atoms with van der Waals surface area (Å²) in [5.74, 6) is 1.18. The van der Waals surface area contributed by atoms with Crippen molar-refractivity contribution in [2.24, 2.45) is 11.1 Å². The average Bonchev–Trinajstić information content (AvgIpc) is 2.30. The fourth-order valence-electron chi connectivity index (χ4n) is 2.42. The maximum absolute atomic E-state index is 11.2. The van der Waals surface area contributed by atoms with Crippen LogP contribution in [0.1, 0.15) is 32.6 Å². The zero-order valence-electron chi connectivity index (χ0n) is 10.8. The third kappa shape index (κ3) is 3.84. The molecule has 0 radical (unpaired) electrons. The highest BCUT2D eigenvalue weighted by atomic mass is 35.5. The van der Waals surface area contributed by atoms with Crippen molar-refractivity contribution in [2.75, 3.05) is 0 Å². The van der Waals surface area contributed by atoms with E-state index in [9.17, 15) is 8.42 Å². The molecule has 1 fully saturated rings. The highest BCUT2D eigenvalue weighted by Crippen LogP contribution is 2.32. The monoisotopic (exact) mass is 303 g/mol. The highest BCUT2D eigenvalue weighted by Gasteiger charge is 2.21. The van der Waals surface area contributed by atoms with E-state index >= 15 is 0 Å². The maximum atomic E-state index is 11.2. The van der Waals surface area contributed by atoms with Crippen LogP contribution in [0.15, 0.2) is 23.1 Å². The third-order valence-corrected chi connectivity index (χ3v) is 4.62. The molecule has 1 aromatic rings. The lowest BCUT2D eigenvalue weighted by Crippen LogP contribution is -2.24. The molecule has 0 aliphatic heterocycles. The first-order valence-corrected chi connectivity index (χ1v) is 8.27. The molecule has 1 aliphatic rings. The van der Waals surface area contributed by atoms with Gasteiger partial charge in [-0.25, -0.2) is 13.6 Å². The Morgan fingerprint density at radius 2 is 2.11 bits per heavy atom. The molecule has 19 heavy (non-hydrogen) atoms. The van der Waals surface area contributed by atoms with Crippen LogP contribution >= 0.6 is 11.6 Å². The van der Waals surface area contributed by atoms with E-state index in [1.165, 1.54) is 18.6 Å². The molecule has 1 aromatic carbocycles. The van der Waals surface area contributed by atoms with Gasteiger partial charge >= 0.3 is 0 Å². The lowest BCUT2D eigenvalue weighted by molar-refractivity contribution is 0.129. The summed E-state index contributed by atoms with van der Waals surface area (Å²) >= 11 is 6.05. The Morgan fingerprint density at radius 1 is 1.37 bits per heavy atom. The fraction of sp³-hybridized carbons (Fsp3) is 0.538. The molecular formula is C13H18ClNO3S. The number of halogens is 1. The van der Waals surface area contributed by atoms with Crippen LogP contribution in [-0.2, 0) is 10.0 Å². The topological polar surface area (TPSA) is 69.4 Å². The standard InChI is InChI=1S/C13H18ClNO3S/c1-9-3-2-4-10(7-9)18-13-6-5-11(8-12(13)14)19(15,16)17/h5-6,8-10H,2-4,7H2,1H3,(H2,15,16,17). The van der Waals surface area contributed by atoms with Crippen LogP contribution in [0.25, 0.3) is 0 Å². The summed E-state index contributed by atoms with van der Waals surface area (Å²) in [6.07, 6.45) is 4.56. The molecule has 0 saturated heterocycles. The molecule has 0 spiro atoms. The molecule has 2 atom stereocenters. The molecule has 2 rings (SSSR count). The Kier molecular flexibility index (Phi) is 4.38. The van der Waals surface area contributed by atoms with Gasteiger partial charge < -0.3 is 4.74 Å². The van der Waals surface area contributed by atoms with Crippen LogP contribution in [0.3, 0.4) is 0 Å². The van der Waals surface area contributed by atoms with Gasteiger partial charge in [0.05, 0.1) is 16.0 Å². The zero-order chi connectivity index (χ0) is 14.0. The van der Waals surface area contributed by atoms with Crippen molar-refractivity contribution in [2.45, 2.75) is 43.6 Å². The van der Waals surface area contributed by atoms with Crippen LogP contribution in [0.4, 0.5) is 0 Å². The molecule has 106 valence electrons. The molecule has 0 amide bonds. The van der Waals surface area contributed by atoms with Crippen molar-refractivity contribution in [1.29, 1.82) is 0 Å². The highest BCUT2D eigenvalue weighted by molar-refractivity contribution is 7.89. The molecule has 1 aliphatic carbocycles. The SMILES string of the molecule is CC1CCCC(Oc2ccc(S(N)(=O)=O)cc2Cl)C1. The summed E-state index contributed by atoms with van der Waals surface area (Å²) in [5.41, 5.74) is 0. The minimum atomic E-state index is -3.72. The number of benzene rings is 1. The van der Waals surface area contributed by atoms with Gasteiger partial charge in [0.25, 0.3) is 0 Å². The van der Waals surface area contributed by atoms with Crippen LogP contribution < -0.4 is 9.88 Å².